The highest BCUT2D eigenvalue weighted by Gasteiger charge is 2.39. The number of esters is 1. The molecule has 0 aromatic carbocycles. The Morgan fingerprint density at radius 3 is 2.84 bits per heavy atom. The monoisotopic (exact) mass is 283 g/mol. The average Bonchev–Trinajstić information content (AvgIpc) is 3.05. The second kappa shape index (κ2) is 6.48. The maximum Gasteiger partial charge on any atom is 0.305 e. The molecule has 0 atom stereocenters. The van der Waals surface area contributed by atoms with E-state index in [1.54, 1.807) is 11.3 Å². The van der Waals surface area contributed by atoms with Gasteiger partial charge in [-0.25, -0.2) is 4.98 Å². The Bertz CT molecular complexity index is 424. The van der Waals surface area contributed by atoms with E-state index in [1.165, 1.54) is 20.0 Å². The van der Waals surface area contributed by atoms with Gasteiger partial charge in [0, 0.05) is 18.4 Å². The molecular weight excluding hydrogens is 262 g/mol. The van der Waals surface area contributed by atoms with E-state index >= 15 is 0 Å². The number of ether oxygens (including phenoxy) is 2. The van der Waals surface area contributed by atoms with Gasteiger partial charge in [0.25, 0.3) is 0 Å². The van der Waals surface area contributed by atoms with Gasteiger partial charge in [-0.3, -0.25) is 4.79 Å². The summed E-state index contributed by atoms with van der Waals surface area (Å²) in [4.78, 5) is 15.8. The van der Waals surface area contributed by atoms with E-state index in [-0.39, 0.29) is 11.6 Å². The molecule has 4 nitrogen and oxygen atoms in total. The van der Waals surface area contributed by atoms with E-state index < -0.39 is 0 Å². The van der Waals surface area contributed by atoms with Crippen LogP contribution in [0, 0.1) is 0 Å². The van der Waals surface area contributed by atoms with Gasteiger partial charge in [-0.05, 0) is 19.8 Å². The van der Waals surface area contributed by atoms with Crippen LogP contribution in [0.4, 0.5) is 0 Å². The maximum absolute atomic E-state index is 11.1. The molecule has 0 saturated heterocycles. The molecule has 1 saturated carbocycles. The Balaban J connectivity index is 2.04. The summed E-state index contributed by atoms with van der Waals surface area (Å²) in [5, 5.41) is 3.11. The zero-order valence-corrected chi connectivity index (χ0v) is 12.4. The predicted octanol–water partition coefficient (Wildman–Crippen LogP) is 3.05. The number of carbonyl (C=O) groups excluding carboxylic acids is 1. The first kappa shape index (κ1) is 14.5. The Labute approximate surface area is 118 Å². The molecule has 0 bridgehead atoms. The summed E-state index contributed by atoms with van der Waals surface area (Å²) < 4.78 is 10.6. The van der Waals surface area contributed by atoms with Crippen LogP contribution in [0.3, 0.4) is 0 Å². The largest absolute Gasteiger partial charge is 0.469 e. The molecule has 0 unspecified atom stereocenters. The standard InChI is InChI=1S/C14H21NO3S/c1-3-18-14(8-4-5-9-14)13-15-11(10-19-13)6-7-12(16)17-2/h10H,3-9H2,1-2H3. The van der Waals surface area contributed by atoms with Crippen LogP contribution in [-0.4, -0.2) is 24.7 Å². The molecule has 1 aliphatic carbocycles. The summed E-state index contributed by atoms with van der Waals surface area (Å²) in [6.07, 6.45) is 5.57. The fourth-order valence-electron chi connectivity index (χ4n) is 2.61. The molecule has 1 aromatic rings. The van der Waals surface area contributed by atoms with Gasteiger partial charge in [0.05, 0.1) is 19.2 Å². The predicted molar refractivity (Wildman–Crippen MR) is 74.2 cm³/mol. The number of aromatic nitrogens is 1. The van der Waals surface area contributed by atoms with Gasteiger partial charge in [0.1, 0.15) is 10.6 Å². The molecule has 1 heterocycles. The number of rotatable bonds is 6. The van der Waals surface area contributed by atoms with Crippen LogP contribution in [-0.2, 0) is 26.3 Å². The lowest BCUT2D eigenvalue weighted by molar-refractivity contribution is -0.140. The first-order chi connectivity index (χ1) is 9.20. The SMILES string of the molecule is CCOC1(c2nc(CCC(=O)OC)cs2)CCCC1. The molecule has 2 rings (SSSR count). The van der Waals surface area contributed by atoms with Crippen molar-refractivity contribution in [3.8, 4) is 0 Å². The van der Waals surface area contributed by atoms with Crippen molar-refractivity contribution in [1.29, 1.82) is 0 Å². The quantitative estimate of drug-likeness (QED) is 0.753. The fraction of sp³-hybridized carbons (Fsp3) is 0.714. The highest BCUT2D eigenvalue weighted by Crippen LogP contribution is 2.43. The lowest BCUT2D eigenvalue weighted by Gasteiger charge is -2.26. The van der Waals surface area contributed by atoms with Gasteiger partial charge in [-0.1, -0.05) is 12.8 Å². The highest BCUT2D eigenvalue weighted by atomic mass is 32.1. The van der Waals surface area contributed by atoms with Crippen LogP contribution in [0.25, 0.3) is 0 Å². The fourth-order valence-corrected chi connectivity index (χ4v) is 3.67. The number of hydrogen-bond donors (Lipinski definition) is 0. The van der Waals surface area contributed by atoms with Crippen molar-refractivity contribution < 1.29 is 14.3 Å². The lowest BCUT2D eigenvalue weighted by Crippen LogP contribution is -2.26. The molecule has 0 radical (unpaired) electrons. The van der Waals surface area contributed by atoms with Crippen molar-refractivity contribution in [1.82, 2.24) is 4.98 Å². The van der Waals surface area contributed by atoms with Crippen LogP contribution in [0.15, 0.2) is 5.38 Å². The minimum atomic E-state index is -0.185. The summed E-state index contributed by atoms with van der Waals surface area (Å²) in [6, 6.07) is 0. The van der Waals surface area contributed by atoms with Crippen molar-refractivity contribution in [2.24, 2.45) is 0 Å². The molecule has 106 valence electrons. The topological polar surface area (TPSA) is 48.4 Å². The second-order valence-corrected chi connectivity index (χ2v) is 5.71. The van der Waals surface area contributed by atoms with Gasteiger partial charge in [-0.15, -0.1) is 11.3 Å². The molecule has 0 aliphatic heterocycles. The molecule has 1 aliphatic rings. The third-order valence-corrected chi connectivity index (χ3v) is 4.66. The summed E-state index contributed by atoms with van der Waals surface area (Å²) in [7, 11) is 1.41. The van der Waals surface area contributed by atoms with E-state index in [0.717, 1.165) is 30.2 Å². The number of hydrogen-bond acceptors (Lipinski definition) is 5. The smallest absolute Gasteiger partial charge is 0.305 e. The number of nitrogens with zero attached hydrogens (tertiary/aromatic N) is 1. The van der Waals surface area contributed by atoms with Crippen LogP contribution in [0.5, 0.6) is 0 Å². The molecular formula is C14H21NO3S. The first-order valence-corrected chi connectivity index (χ1v) is 7.74. The lowest BCUT2D eigenvalue weighted by atomic mass is 10.0. The normalized spacial score (nSPS) is 17.6. The first-order valence-electron chi connectivity index (χ1n) is 6.86. The Morgan fingerprint density at radius 2 is 2.21 bits per heavy atom. The van der Waals surface area contributed by atoms with Gasteiger partial charge in [-0.2, -0.15) is 0 Å². The van der Waals surface area contributed by atoms with E-state index in [0.29, 0.717) is 12.8 Å². The highest BCUT2D eigenvalue weighted by molar-refractivity contribution is 7.09. The Kier molecular flexibility index (Phi) is 4.93. The summed E-state index contributed by atoms with van der Waals surface area (Å²) in [5.41, 5.74) is 0.805. The van der Waals surface area contributed by atoms with E-state index in [2.05, 4.69) is 9.72 Å². The minimum absolute atomic E-state index is 0.164. The zero-order chi connectivity index (χ0) is 13.7. The number of aryl methyl sites for hydroxylation is 1. The van der Waals surface area contributed by atoms with E-state index in [9.17, 15) is 4.79 Å². The molecule has 0 N–H and O–H groups in total. The Morgan fingerprint density at radius 1 is 1.47 bits per heavy atom. The van der Waals surface area contributed by atoms with Crippen molar-refractivity contribution in [2.75, 3.05) is 13.7 Å². The molecule has 0 amide bonds. The number of carbonyl (C=O) groups is 1. The molecule has 19 heavy (non-hydrogen) atoms. The van der Waals surface area contributed by atoms with Gasteiger partial charge in [0.2, 0.25) is 0 Å². The van der Waals surface area contributed by atoms with E-state index in [1.807, 2.05) is 12.3 Å². The summed E-state index contributed by atoms with van der Waals surface area (Å²) in [5.74, 6) is -0.185. The Hall–Kier alpha value is -0.940. The summed E-state index contributed by atoms with van der Waals surface area (Å²) >= 11 is 1.66. The third kappa shape index (κ3) is 3.34. The van der Waals surface area contributed by atoms with Crippen molar-refractivity contribution in [3.63, 3.8) is 0 Å². The van der Waals surface area contributed by atoms with Crippen LogP contribution >= 0.6 is 11.3 Å². The van der Waals surface area contributed by atoms with Gasteiger partial charge < -0.3 is 9.47 Å². The van der Waals surface area contributed by atoms with E-state index in [4.69, 9.17) is 4.74 Å². The number of methoxy groups -OCH3 is 1. The second-order valence-electron chi connectivity index (χ2n) is 4.85. The zero-order valence-electron chi connectivity index (χ0n) is 11.6. The average molecular weight is 283 g/mol. The maximum atomic E-state index is 11.1. The van der Waals surface area contributed by atoms with Crippen LogP contribution < -0.4 is 0 Å². The molecule has 5 heteroatoms. The third-order valence-electron chi connectivity index (χ3n) is 3.59. The molecule has 0 spiro atoms. The van der Waals surface area contributed by atoms with Crippen LogP contribution in [0.2, 0.25) is 0 Å². The van der Waals surface area contributed by atoms with Crippen molar-refractivity contribution in [2.45, 2.75) is 51.0 Å². The molecule has 1 aromatic heterocycles. The van der Waals surface area contributed by atoms with Gasteiger partial charge >= 0.3 is 5.97 Å². The van der Waals surface area contributed by atoms with Crippen LogP contribution in [0.1, 0.15) is 49.7 Å². The van der Waals surface area contributed by atoms with Crippen molar-refractivity contribution >= 4 is 17.3 Å². The molecule has 1 fully saturated rings. The van der Waals surface area contributed by atoms with Gasteiger partial charge in [0.15, 0.2) is 0 Å². The summed E-state index contributed by atoms with van der Waals surface area (Å²) in [6.45, 7) is 2.75. The number of thiazole rings is 1. The minimum Gasteiger partial charge on any atom is -0.469 e. The van der Waals surface area contributed by atoms with Crippen molar-refractivity contribution in [3.05, 3.63) is 16.1 Å².